The van der Waals surface area contributed by atoms with Crippen molar-refractivity contribution >= 4 is 12.0 Å². The maximum absolute atomic E-state index is 12.9. The van der Waals surface area contributed by atoms with Crippen molar-refractivity contribution in [2.45, 2.75) is 52.4 Å². The predicted molar refractivity (Wildman–Crippen MR) is 96.2 cm³/mol. The van der Waals surface area contributed by atoms with Gasteiger partial charge in [-0.2, -0.15) is 5.26 Å². The lowest BCUT2D eigenvalue weighted by atomic mass is 10.1. The number of rotatable bonds is 7. The molecular weight excluding hydrogens is 326 g/mol. The number of hydrogen-bond acceptors (Lipinski definition) is 4. The first-order chi connectivity index (χ1) is 11.8. The first kappa shape index (κ1) is 23.0. The van der Waals surface area contributed by atoms with Crippen LogP contribution in [0.15, 0.2) is 18.2 Å². The molecule has 1 rings (SSSR count). The molecule has 0 aromatic heterocycles. The van der Waals surface area contributed by atoms with Gasteiger partial charge >= 0.3 is 0 Å². The van der Waals surface area contributed by atoms with Crippen LogP contribution in [0.2, 0.25) is 0 Å². The molecule has 0 bridgehead atoms. The van der Waals surface area contributed by atoms with Crippen molar-refractivity contribution in [3.63, 3.8) is 0 Å². The molecule has 140 valence electrons. The zero-order valence-electron chi connectivity index (χ0n) is 15.7. The van der Waals surface area contributed by atoms with Gasteiger partial charge in [0.05, 0.1) is 23.3 Å². The molecule has 0 aliphatic carbocycles. The quantitative estimate of drug-likeness (QED) is 0.688. The number of methoxy groups -OCH3 is 1. The standard InChI is InChI=1S/C14H16F2N2O.C5H12O/c1-2-13(10-19)18(6-5-15)14-4-3-11(9-17)12(7-14)8-16;1-5(2,3)6-4/h3-4,7,10,13H,2,5-6,8H2,1H3;1-4H3. The van der Waals surface area contributed by atoms with Crippen LogP contribution in [-0.2, 0) is 16.2 Å². The van der Waals surface area contributed by atoms with Gasteiger partial charge in [0.2, 0.25) is 0 Å². The van der Waals surface area contributed by atoms with E-state index in [1.54, 1.807) is 18.1 Å². The van der Waals surface area contributed by atoms with E-state index in [4.69, 9.17) is 10.00 Å². The summed E-state index contributed by atoms with van der Waals surface area (Å²) in [4.78, 5) is 12.6. The van der Waals surface area contributed by atoms with Crippen molar-refractivity contribution in [3.8, 4) is 6.07 Å². The number of nitriles is 1. The Bertz CT molecular complexity index is 566. The highest BCUT2D eigenvalue weighted by Gasteiger charge is 2.17. The molecule has 0 aliphatic rings. The third kappa shape index (κ3) is 8.08. The van der Waals surface area contributed by atoms with Gasteiger partial charge in [-0.25, -0.2) is 8.78 Å². The molecule has 0 fully saturated rings. The minimum atomic E-state index is -0.766. The summed E-state index contributed by atoms with van der Waals surface area (Å²) in [6, 6.07) is 6.06. The average molecular weight is 354 g/mol. The Morgan fingerprint density at radius 3 is 2.32 bits per heavy atom. The molecule has 1 aromatic rings. The van der Waals surface area contributed by atoms with Crippen LogP contribution in [0.25, 0.3) is 0 Å². The summed E-state index contributed by atoms with van der Waals surface area (Å²) in [5.74, 6) is 0. The summed E-state index contributed by atoms with van der Waals surface area (Å²) >= 11 is 0. The van der Waals surface area contributed by atoms with E-state index in [1.165, 1.54) is 12.1 Å². The first-order valence-electron chi connectivity index (χ1n) is 8.19. The Morgan fingerprint density at radius 2 is 1.96 bits per heavy atom. The minimum Gasteiger partial charge on any atom is -0.379 e. The molecule has 0 aliphatic heterocycles. The molecule has 6 heteroatoms. The summed E-state index contributed by atoms with van der Waals surface area (Å²) in [5.41, 5.74) is 1.11. The van der Waals surface area contributed by atoms with Gasteiger partial charge in [0.1, 0.15) is 19.6 Å². The number of carbonyl (C=O) groups excluding carboxylic acids is 1. The minimum absolute atomic E-state index is 0.0417. The van der Waals surface area contributed by atoms with Crippen molar-refractivity contribution in [2.24, 2.45) is 0 Å². The summed E-state index contributed by atoms with van der Waals surface area (Å²) in [6.07, 6.45) is 1.29. The molecule has 0 N–H and O–H groups in total. The summed E-state index contributed by atoms with van der Waals surface area (Å²) in [5, 5.41) is 8.84. The second-order valence-electron chi connectivity index (χ2n) is 6.40. The van der Waals surface area contributed by atoms with Crippen LogP contribution in [0.3, 0.4) is 0 Å². The number of nitrogens with zero attached hydrogens (tertiary/aromatic N) is 2. The molecule has 25 heavy (non-hydrogen) atoms. The fraction of sp³-hybridized carbons (Fsp3) is 0.579. The highest BCUT2D eigenvalue weighted by Crippen LogP contribution is 2.22. The van der Waals surface area contributed by atoms with E-state index in [0.717, 1.165) is 6.29 Å². The van der Waals surface area contributed by atoms with Gasteiger partial charge in [0.15, 0.2) is 0 Å². The van der Waals surface area contributed by atoms with Gasteiger partial charge in [-0.1, -0.05) is 6.92 Å². The number of anilines is 1. The topological polar surface area (TPSA) is 53.3 Å². The number of halogens is 2. The lowest BCUT2D eigenvalue weighted by Gasteiger charge is -2.29. The second-order valence-corrected chi connectivity index (χ2v) is 6.40. The normalized spacial score (nSPS) is 11.8. The molecule has 0 saturated heterocycles. The van der Waals surface area contributed by atoms with Crippen molar-refractivity contribution in [1.29, 1.82) is 5.26 Å². The average Bonchev–Trinajstić information content (AvgIpc) is 2.61. The van der Waals surface area contributed by atoms with Crippen LogP contribution < -0.4 is 4.90 Å². The number of ether oxygens (including phenoxy) is 1. The molecule has 0 saturated carbocycles. The second kappa shape index (κ2) is 11.5. The number of alkyl halides is 2. The smallest absolute Gasteiger partial charge is 0.142 e. The van der Waals surface area contributed by atoms with Crippen molar-refractivity contribution in [3.05, 3.63) is 29.3 Å². The molecule has 0 amide bonds. The third-order valence-corrected chi connectivity index (χ3v) is 3.60. The van der Waals surface area contributed by atoms with Gasteiger partial charge in [0.25, 0.3) is 0 Å². The van der Waals surface area contributed by atoms with E-state index in [2.05, 4.69) is 0 Å². The van der Waals surface area contributed by atoms with E-state index < -0.39 is 19.4 Å². The molecule has 1 unspecified atom stereocenters. The highest BCUT2D eigenvalue weighted by molar-refractivity contribution is 5.67. The van der Waals surface area contributed by atoms with E-state index in [1.807, 2.05) is 33.8 Å². The number of hydrogen-bond donors (Lipinski definition) is 0. The van der Waals surface area contributed by atoms with Gasteiger partial charge in [-0.15, -0.1) is 0 Å². The fourth-order valence-corrected chi connectivity index (χ4v) is 1.95. The first-order valence-corrected chi connectivity index (χ1v) is 8.19. The molecule has 0 heterocycles. The Balaban J connectivity index is 0.000000823. The Labute approximate surface area is 149 Å². The van der Waals surface area contributed by atoms with Crippen LogP contribution in [0, 0.1) is 11.3 Å². The number of carbonyl (C=O) groups is 1. The van der Waals surface area contributed by atoms with Crippen LogP contribution in [-0.4, -0.2) is 38.3 Å². The maximum Gasteiger partial charge on any atom is 0.142 e. The van der Waals surface area contributed by atoms with Crippen LogP contribution in [0.1, 0.15) is 45.2 Å². The Morgan fingerprint density at radius 1 is 1.36 bits per heavy atom. The van der Waals surface area contributed by atoms with Gasteiger partial charge < -0.3 is 14.4 Å². The summed E-state index contributed by atoms with van der Waals surface area (Å²) in [7, 11) is 1.71. The fourth-order valence-electron chi connectivity index (χ4n) is 1.95. The van der Waals surface area contributed by atoms with E-state index in [0.29, 0.717) is 12.1 Å². The molecule has 4 nitrogen and oxygen atoms in total. The third-order valence-electron chi connectivity index (χ3n) is 3.60. The van der Waals surface area contributed by atoms with Crippen molar-refractivity contribution < 1.29 is 18.3 Å². The summed E-state index contributed by atoms with van der Waals surface area (Å²) in [6.45, 7) is 6.58. The molecule has 1 atom stereocenters. The molecule has 0 spiro atoms. The molecular formula is C19H28F2N2O2. The van der Waals surface area contributed by atoms with Crippen molar-refractivity contribution in [2.75, 3.05) is 25.2 Å². The number of benzene rings is 1. The lowest BCUT2D eigenvalue weighted by molar-refractivity contribution is -0.109. The van der Waals surface area contributed by atoms with Crippen LogP contribution in [0.5, 0.6) is 0 Å². The Kier molecular flexibility index (Phi) is 10.6. The van der Waals surface area contributed by atoms with Gasteiger partial charge in [0, 0.05) is 24.9 Å². The van der Waals surface area contributed by atoms with Gasteiger partial charge in [-0.3, -0.25) is 0 Å². The SMILES string of the molecule is CCC(C=O)N(CCF)c1ccc(C#N)c(CF)c1.COC(C)(C)C. The van der Waals surface area contributed by atoms with E-state index in [-0.39, 0.29) is 23.3 Å². The Hall–Kier alpha value is -2.00. The van der Waals surface area contributed by atoms with Crippen molar-refractivity contribution in [1.82, 2.24) is 0 Å². The summed E-state index contributed by atoms with van der Waals surface area (Å²) < 4.78 is 30.4. The van der Waals surface area contributed by atoms with Gasteiger partial charge in [-0.05, 0) is 45.4 Å². The zero-order chi connectivity index (χ0) is 19.5. The number of aldehydes is 1. The molecule has 1 aromatic carbocycles. The largest absolute Gasteiger partial charge is 0.379 e. The van der Waals surface area contributed by atoms with Crippen LogP contribution >= 0.6 is 0 Å². The van der Waals surface area contributed by atoms with E-state index >= 15 is 0 Å². The van der Waals surface area contributed by atoms with E-state index in [9.17, 15) is 13.6 Å². The monoisotopic (exact) mass is 354 g/mol. The maximum atomic E-state index is 12.9. The van der Waals surface area contributed by atoms with Crippen LogP contribution in [0.4, 0.5) is 14.5 Å². The zero-order valence-corrected chi connectivity index (χ0v) is 15.7. The lowest BCUT2D eigenvalue weighted by Crippen LogP contribution is -2.37. The highest BCUT2D eigenvalue weighted by atomic mass is 19.1. The predicted octanol–water partition coefficient (Wildman–Crippen LogP) is 4.21. The molecule has 0 radical (unpaired) electrons.